The van der Waals surface area contributed by atoms with E-state index < -0.39 is 82.6 Å². The Morgan fingerprint density at radius 1 is 1.30 bits per heavy atom. The van der Waals surface area contributed by atoms with Crippen molar-refractivity contribution in [3.8, 4) is 0 Å². The molecule has 22 nitrogen and oxygen atoms in total. The van der Waals surface area contributed by atoms with E-state index >= 15 is 0 Å². The Morgan fingerprint density at radius 3 is 2.62 bits per heavy atom. The van der Waals surface area contributed by atoms with E-state index in [9.17, 15) is 52.4 Å². The molecule has 4 rings (SSSR count). The van der Waals surface area contributed by atoms with E-state index in [1.165, 1.54) is 11.4 Å². The van der Waals surface area contributed by atoms with Gasteiger partial charge in [0.25, 0.3) is 17.5 Å². The van der Waals surface area contributed by atoms with E-state index in [1.54, 1.807) is 0 Å². The van der Waals surface area contributed by atoms with Crippen LogP contribution in [0.25, 0.3) is 5.70 Å². The summed E-state index contributed by atoms with van der Waals surface area (Å²) >= 11 is 0.891. The van der Waals surface area contributed by atoms with E-state index in [0.29, 0.717) is 4.74 Å². The van der Waals surface area contributed by atoms with Crippen LogP contribution in [0.5, 0.6) is 0 Å². The van der Waals surface area contributed by atoms with Crippen LogP contribution in [0.1, 0.15) is 31.0 Å². The summed E-state index contributed by atoms with van der Waals surface area (Å²) in [4.78, 5) is 70.1. The molecule has 2 aromatic rings. The van der Waals surface area contributed by atoms with E-state index in [-0.39, 0.29) is 32.3 Å². The Morgan fingerprint density at radius 2 is 2.00 bits per heavy atom. The molecule has 24 heteroatoms. The number of thiazole rings is 1. The largest absolute Gasteiger partial charge is 0.478 e. The standard InChI is InChI=1S/C23H24N8O14S2/c1-23(2,20(36)37)45-29-16(11-8-46-21(24)26-11)18(34)27-17-13(31(19(17)35)47(40,41)42)5-25-22(38)43-7-9-3-10(28-44-9)12-4-14(32)15(33)6-30(12)39/h3-4,6,8,13,15,17,33H,5,7H2,1-2H3,(H6-,24,25,26,27,34,36,37,38,39,40,41,42)/p+1/b29-16-/t13-,15?,17+/m1/s1. The maximum absolute atomic E-state index is 13.1. The number of anilines is 1. The number of hydroxylamine groups is 1. The second-order valence-electron chi connectivity index (χ2n) is 10.1. The van der Waals surface area contributed by atoms with Crippen molar-refractivity contribution < 1.29 is 71.2 Å². The molecule has 0 spiro atoms. The van der Waals surface area contributed by atoms with Crippen LogP contribution in [0.3, 0.4) is 0 Å². The lowest BCUT2D eigenvalue weighted by atomic mass is 9.98. The highest BCUT2D eigenvalue weighted by Gasteiger charge is 2.54. The number of nitrogens with zero attached hydrogens (tertiary/aromatic N) is 5. The molecule has 3 amide bonds. The molecule has 2 aliphatic rings. The number of aliphatic carboxylic acids is 1. The van der Waals surface area contributed by atoms with Gasteiger partial charge in [0.2, 0.25) is 17.6 Å². The number of nitrogen functional groups attached to an aromatic ring is 1. The predicted octanol–water partition coefficient (Wildman–Crippen LogP) is -2.52. The van der Waals surface area contributed by atoms with Gasteiger partial charge in [-0.15, -0.1) is 11.3 Å². The number of ether oxygens (including phenoxy) is 1. The van der Waals surface area contributed by atoms with Gasteiger partial charge in [-0.2, -0.15) is 8.42 Å². The third-order valence-corrected chi connectivity index (χ3v) is 7.91. The van der Waals surface area contributed by atoms with Crippen molar-refractivity contribution in [1.29, 1.82) is 0 Å². The van der Waals surface area contributed by atoms with Crippen molar-refractivity contribution in [2.24, 2.45) is 5.16 Å². The summed E-state index contributed by atoms with van der Waals surface area (Å²) in [5.74, 6) is -4.72. The molecule has 2 aromatic heterocycles. The molecule has 0 aromatic carbocycles. The van der Waals surface area contributed by atoms with Crippen molar-refractivity contribution in [3.05, 3.63) is 34.7 Å². The zero-order valence-corrected chi connectivity index (χ0v) is 25.6. The topological polar surface area (TPSA) is 326 Å². The molecule has 0 radical (unpaired) electrons. The first-order valence-corrected chi connectivity index (χ1v) is 15.1. The molecule has 3 atom stereocenters. The van der Waals surface area contributed by atoms with Crippen LogP contribution in [-0.2, 0) is 45.7 Å². The van der Waals surface area contributed by atoms with Gasteiger partial charge in [0.1, 0.15) is 11.7 Å². The summed E-state index contributed by atoms with van der Waals surface area (Å²) in [5, 5.41) is 41.5. The van der Waals surface area contributed by atoms with Crippen LogP contribution in [0.15, 0.2) is 27.2 Å². The number of β-lactam (4-membered cyclic amide) rings is 1. The summed E-state index contributed by atoms with van der Waals surface area (Å²) in [6.45, 7) is 1.01. The predicted molar refractivity (Wildman–Crippen MR) is 152 cm³/mol. The summed E-state index contributed by atoms with van der Waals surface area (Å²) in [5.41, 5.74) is 2.70. The van der Waals surface area contributed by atoms with Crippen LogP contribution in [0, 0.1) is 0 Å². The smallest absolute Gasteiger partial charge is 0.407 e. The fourth-order valence-corrected chi connectivity index (χ4v) is 5.24. The van der Waals surface area contributed by atoms with E-state index in [2.05, 4.69) is 25.9 Å². The number of aliphatic hydroxyl groups excluding tert-OH is 1. The summed E-state index contributed by atoms with van der Waals surface area (Å²) in [6.07, 6.45) is -1.03. The number of aromatic nitrogens is 2. The van der Waals surface area contributed by atoms with Crippen LogP contribution in [0.2, 0.25) is 0 Å². The molecule has 1 saturated heterocycles. The number of oxime groups is 1. The number of alkyl carbamates (subject to hydrolysis) is 1. The molecule has 1 unspecified atom stereocenters. The number of amides is 3. The van der Waals surface area contributed by atoms with Crippen LogP contribution in [-0.4, -0.2) is 119 Å². The number of carbonyl (C=O) groups excluding carboxylic acids is 4. The lowest BCUT2D eigenvalue weighted by Gasteiger charge is -2.44. The number of nitrogens with two attached hydrogens (primary N) is 1. The molecule has 0 saturated carbocycles. The average Bonchev–Trinajstić information content (AvgIpc) is 3.62. The molecule has 8 N–H and O–H groups in total. The highest BCUT2D eigenvalue weighted by molar-refractivity contribution is 7.84. The minimum atomic E-state index is -5.17. The molecule has 252 valence electrons. The fraction of sp³-hybridized carbons (Fsp3) is 0.348. The van der Waals surface area contributed by atoms with Gasteiger partial charge in [0.05, 0.1) is 12.1 Å². The monoisotopic (exact) mass is 701 g/mol. The zero-order valence-electron chi connectivity index (χ0n) is 24.0. The van der Waals surface area contributed by atoms with Crippen LogP contribution < -0.4 is 16.4 Å². The van der Waals surface area contributed by atoms with Gasteiger partial charge in [-0.25, -0.2) is 18.9 Å². The number of carbonyl (C=O) groups is 5. The highest BCUT2D eigenvalue weighted by Crippen LogP contribution is 2.24. The SMILES string of the molecule is CC(C)(O/N=C(\C(=O)N[C@@H]1C(=O)N(S(=O)(=O)O)[C@@H]1CNC(=O)OCc1cc(C2=CC(=O)C(O)C=[N+]2O)no1)c1csc(N)n1)C(=O)O. The molecule has 0 bridgehead atoms. The molecule has 4 heterocycles. The minimum absolute atomic E-state index is 0.00355. The van der Waals surface area contributed by atoms with Crippen LogP contribution in [0.4, 0.5) is 9.93 Å². The average molecular weight is 702 g/mol. The Bertz CT molecular complexity index is 1830. The first-order chi connectivity index (χ1) is 21.9. The lowest BCUT2D eigenvalue weighted by molar-refractivity contribution is -0.704. The number of carboxylic acids is 1. The number of rotatable bonds is 12. The molecule has 1 fully saturated rings. The Kier molecular flexibility index (Phi) is 9.60. The second kappa shape index (κ2) is 13.1. The summed E-state index contributed by atoms with van der Waals surface area (Å²) < 4.78 is 43.6. The first-order valence-electron chi connectivity index (χ1n) is 12.8. The van der Waals surface area contributed by atoms with Crippen molar-refractivity contribution >= 4 is 74.1 Å². The lowest BCUT2D eigenvalue weighted by Crippen LogP contribution is -2.74. The van der Waals surface area contributed by atoms with Crippen LogP contribution >= 0.6 is 11.3 Å². The van der Waals surface area contributed by atoms with E-state index in [4.69, 9.17) is 19.8 Å². The molecular weight excluding hydrogens is 676 g/mol. The molecule has 0 aliphatic carbocycles. The first kappa shape index (κ1) is 34.4. The highest BCUT2D eigenvalue weighted by atomic mass is 32.2. The molecule has 47 heavy (non-hydrogen) atoms. The fourth-order valence-electron chi connectivity index (χ4n) is 3.81. The number of carboxylic acid groups (broad SMARTS) is 1. The van der Waals surface area contributed by atoms with Crippen molar-refractivity contribution in [3.63, 3.8) is 0 Å². The normalized spacial score (nSPS) is 20.1. The third kappa shape index (κ3) is 7.68. The van der Waals surface area contributed by atoms with Gasteiger partial charge < -0.3 is 40.7 Å². The van der Waals surface area contributed by atoms with Crippen molar-refractivity contribution in [2.75, 3.05) is 12.3 Å². The van der Waals surface area contributed by atoms with Crippen molar-refractivity contribution in [2.45, 2.75) is 44.2 Å². The van der Waals surface area contributed by atoms with Gasteiger partial charge in [0.15, 0.2) is 35.0 Å². The van der Waals surface area contributed by atoms with Gasteiger partial charge in [-0.05, 0) is 13.8 Å². The Labute approximate surface area is 266 Å². The van der Waals surface area contributed by atoms with E-state index in [1.807, 2.05) is 0 Å². The summed E-state index contributed by atoms with van der Waals surface area (Å²) in [7, 11) is -5.17. The van der Waals surface area contributed by atoms with Gasteiger partial charge in [-0.3, -0.25) is 24.1 Å². The van der Waals surface area contributed by atoms with Gasteiger partial charge in [-0.1, -0.05) is 10.3 Å². The quantitative estimate of drug-likeness (QED) is 0.0300. The maximum Gasteiger partial charge on any atom is 0.407 e. The number of aliphatic hydroxyl groups is 1. The van der Waals surface area contributed by atoms with Gasteiger partial charge >= 0.3 is 22.4 Å². The van der Waals surface area contributed by atoms with Crippen molar-refractivity contribution in [1.82, 2.24) is 25.1 Å². The zero-order chi connectivity index (χ0) is 34.8. The maximum atomic E-state index is 13.1. The molecular formula is C23H25N8O14S2+. The van der Waals surface area contributed by atoms with Gasteiger partial charge in [0, 0.05) is 22.7 Å². The third-order valence-electron chi connectivity index (χ3n) is 6.29. The number of hydrogen-bond donors (Lipinski definition) is 7. The number of nitrogens with one attached hydrogen (secondary N) is 2. The minimum Gasteiger partial charge on any atom is -0.478 e. The Hall–Kier alpha value is -5.46. The molecule has 2 aliphatic heterocycles. The Balaban J connectivity index is 1.42. The van der Waals surface area contributed by atoms with E-state index in [0.717, 1.165) is 37.5 Å². The second-order valence-corrected chi connectivity index (χ2v) is 12.2. The number of hydrogen-bond acceptors (Lipinski definition) is 17. The number of ketones is 1. The summed E-state index contributed by atoms with van der Waals surface area (Å²) in [6, 6.07) is -2.05.